The molecule has 2 atom stereocenters. The Balaban J connectivity index is 4.05. The van der Waals surface area contributed by atoms with Crippen LogP contribution in [0.25, 0.3) is 0 Å². The van der Waals surface area contributed by atoms with Crippen LogP contribution in [-0.2, 0) is 19.1 Å². The van der Waals surface area contributed by atoms with Gasteiger partial charge < -0.3 is 14.8 Å². The molecular formula is C52H103NO4. The van der Waals surface area contributed by atoms with Gasteiger partial charge in [-0.2, -0.15) is 0 Å². The van der Waals surface area contributed by atoms with Gasteiger partial charge in [0, 0.05) is 12.8 Å². The molecule has 2 unspecified atom stereocenters. The van der Waals surface area contributed by atoms with Crippen LogP contribution in [0, 0.1) is 11.8 Å². The molecule has 0 saturated carbocycles. The smallest absolute Gasteiger partial charge is 0.305 e. The SMILES string of the molecule is CCCCCCCCCCC(CCCCCCCC)COC(=O)CCCCCNCCCCCC(=O)OCC(CCCCCCCC)CCCCCCCCCC. The van der Waals surface area contributed by atoms with Crippen molar-refractivity contribution in [2.24, 2.45) is 11.8 Å². The maximum absolute atomic E-state index is 12.6. The molecule has 0 amide bonds. The molecule has 0 aliphatic carbocycles. The summed E-state index contributed by atoms with van der Waals surface area (Å²) in [6, 6.07) is 0. The van der Waals surface area contributed by atoms with Gasteiger partial charge in [0.2, 0.25) is 0 Å². The first-order valence-corrected chi connectivity index (χ1v) is 26.1. The summed E-state index contributed by atoms with van der Waals surface area (Å²) in [7, 11) is 0. The van der Waals surface area contributed by atoms with E-state index in [1.165, 1.54) is 205 Å². The summed E-state index contributed by atoms with van der Waals surface area (Å²) < 4.78 is 11.7. The van der Waals surface area contributed by atoms with E-state index in [0.29, 0.717) is 37.9 Å². The number of unbranched alkanes of at least 4 members (excludes halogenated alkanes) is 28. The van der Waals surface area contributed by atoms with Gasteiger partial charge in [0.25, 0.3) is 0 Å². The Bertz CT molecular complexity index is 739. The number of carbonyl (C=O) groups is 2. The number of esters is 2. The summed E-state index contributed by atoms with van der Waals surface area (Å²) in [6.07, 6.45) is 49.7. The van der Waals surface area contributed by atoms with Gasteiger partial charge in [0.15, 0.2) is 0 Å². The van der Waals surface area contributed by atoms with Crippen LogP contribution in [0.2, 0.25) is 0 Å². The first-order chi connectivity index (χ1) is 28.1. The number of rotatable bonds is 48. The molecule has 0 bridgehead atoms. The Morgan fingerprint density at radius 3 is 0.860 bits per heavy atom. The van der Waals surface area contributed by atoms with E-state index in [1.807, 2.05) is 0 Å². The lowest BCUT2D eigenvalue weighted by Crippen LogP contribution is -2.17. The van der Waals surface area contributed by atoms with Crippen molar-refractivity contribution < 1.29 is 19.1 Å². The standard InChI is InChI=1S/C52H103NO4/c1-5-9-13-17-21-23-27-33-41-49(39-31-25-19-15-11-7-3)47-56-51(54)43-35-29-37-45-53-46-38-30-36-44-52(55)57-48-50(40-32-26-20-16-12-8-4)42-34-28-24-22-18-14-10-6-2/h49-50,53H,5-48H2,1-4H3. The highest BCUT2D eigenvalue weighted by Gasteiger charge is 2.14. The zero-order chi connectivity index (χ0) is 41.5. The average molecular weight is 806 g/mol. The van der Waals surface area contributed by atoms with Gasteiger partial charge in [-0.05, 0) is 76.3 Å². The van der Waals surface area contributed by atoms with Gasteiger partial charge in [-0.1, -0.05) is 220 Å². The second kappa shape index (κ2) is 47.6. The van der Waals surface area contributed by atoms with E-state index < -0.39 is 0 Å². The normalized spacial score (nSPS) is 12.6. The summed E-state index contributed by atoms with van der Waals surface area (Å²) in [5.74, 6) is 1.08. The summed E-state index contributed by atoms with van der Waals surface area (Å²) in [5, 5.41) is 3.56. The fourth-order valence-corrected chi connectivity index (χ4v) is 8.27. The van der Waals surface area contributed by atoms with Crippen LogP contribution in [0.3, 0.4) is 0 Å². The quantitative estimate of drug-likeness (QED) is 0.0490. The predicted molar refractivity (Wildman–Crippen MR) is 249 cm³/mol. The average Bonchev–Trinajstić information content (AvgIpc) is 3.21. The summed E-state index contributed by atoms with van der Waals surface area (Å²) in [6.45, 7) is 12.4. The number of ether oxygens (including phenoxy) is 2. The second-order valence-electron chi connectivity index (χ2n) is 18.1. The van der Waals surface area contributed by atoms with E-state index in [1.54, 1.807) is 0 Å². The van der Waals surface area contributed by atoms with Crippen molar-refractivity contribution in [2.75, 3.05) is 26.3 Å². The molecule has 0 aliphatic rings. The van der Waals surface area contributed by atoms with Crippen molar-refractivity contribution in [3.8, 4) is 0 Å². The first kappa shape index (κ1) is 55.9. The molecule has 57 heavy (non-hydrogen) atoms. The van der Waals surface area contributed by atoms with Crippen LogP contribution >= 0.6 is 0 Å². The van der Waals surface area contributed by atoms with Crippen molar-refractivity contribution >= 4 is 11.9 Å². The highest BCUT2D eigenvalue weighted by Crippen LogP contribution is 2.22. The molecular weight excluding hydrogens is 703 g/mol. The molecule has 0 saturated heterocycles. The summed E-state index contributed by atoms with van der Waals surface area (Å²) in [4.78, 5) is 25.1. The number of nitrogens with one attached hydrogen (secondary N) is 1. The summed E-state index contributed by atoms with van der Waals surface area (Å²) in [5.41, 5.74) is 0. The largest absolute Gasteiger partial charge is 0.465 e. The highest BCUT2D eigenvalue weighted by molar-refractivity contribution is 5.69. The highest BCUT2D eigenvalue weighted by atomic mass is 16.5. The fraction of sp³-hybridized carbons (Fsp3) is 0.962. The minimum atomic E-state index is 0.00202. The zero-order valence-corrected chi connectivity index (χ0v) is 39.4. The van der Waals surface area contributed by atoms with Crippen LogP contribution < -0.4 is 5.32 Å². The monoisotopic (exact) mass is 806 g/mol. The molecule has 0 heterocycles. The Morgan fingerprint density at radius 1 is 0.333 bits per heavy atom. The fourth-order valence-electron chi connectivity index (χ4n) is 8.27. The van der Waals surface area contributed by atoms with E-state index in [4.69, 9.17) is 9.47 Å². The topological polar surface area (TPSA) is 64.6 Å². The maximum atomic E-state index is 12.6. The lowest BCUT2D eigenvalue weighted by molar-refractivity contribution is -0.146. The number of hydrogen-bond acceptors (Lipinski definition) is 5. The Morgan fingerprint density at radius 2 is 0.579 bits per heavy atom. The molecule has 0 spiro atoms. The lowest BCUT2D eigenvalue weighted by atomic mass is 9.94. The second-order valence-corrected chi connectivity index (χ2v) is 18.1. The van der Waals surface area contributed by atoms with Gasteiger partial charge >= 0.3 is 11.9 Å². The molecule has 0 rings (SSSR count). The minimum absolute atomic E-state index is 0.00202. The van der Waals surface area contributed by atoms with Crippen LogP contribution in [0.4, 0.5) is 0 Å². The molecule has 0 fully saturated rings. The van der Waals surface area contributed by atoms with Gasteiger partial charge in [-0.25, -0.2) is 0 Å². The summed E-state index contributed by atoms with van der Waals surface area (Å²) >= 11 is 0. The van der Waals surface area contributed by atoms with Crippen molar-refractivity contribution in [1.82, 2.24) is 5.32 Å². The third-order valence-corrected chi connectivity index (χ3v) is 12.3. The Kier molecular flexibility index (Phi) is 46.7. The number of hydrogen-bond donors (Lipinski definition) is 1. The van der Waals surface area contributed by atoms with E-state index >= 15 is 0 Å². The molecule has 340 valence electrons. The zero-order valence-electron chi connectivity index (χ0n) is 39.4. The minimum Gasteiger partial charge on any atom is -0.465 e. The van der Waals surface area contributed by atoms with Crippen LogP contribution in [-0.4, -0.2) is 38.2 Å². The van der Waals surface area contributed by atoms with Gasteiger partial charge in [-0.15, -0.1) is 0 Å². The van der Waals surface area contributed by atoms with Crippen molar-refractivity contribution in [3.05, 3.63) is 0 Å². The molecule has 0 aliphatic heterocycles. The van der Waals surface area contributed by atoms with E-state index in [2.05, 4.69) is 33.0 Å². The van der Waals surface area contributed by atoms with Crippen molar-refractivity contribution in [3.63, 3.8) is 0 Å². The molecule has 5 nitrogen and oxygen atoms in total. The number of carbonyl (C=O) groups excluding carboxylic acids is 2. The predicted octanol–water partition coefficient (Wildman–Crippen LogP) is 16.6. The molecule has 0 aromatic carbocycles. The molecule has 0 radical (unpaired) electrons. The Hall–Kier alpha value is -1.10. The van der Waals surface area contributed by atoms with Crippen molar-refractivity contribution in [1.29, 1.82) is 0 Å². The third-order valence-electron chi connectivity index (χ3n) is 12.3. The molecule has 0 aromatic rings. The lowest BCUT2D eigenvalue weighted by Gasteiger charge is -2.17. The van der Waals surface area contributed by atoms with Gasteiger partial charge in [0.1, 0.15) is 0 Å². The Labute approximate surface area is 357 Å². The maximum Gasteiger partial charge on any atom is 0.305 e. The van der Waals surface area contributed by atoms with Gasteiger partial charge in [-0.3, -0.25) is 9.59 Å². The van der Waals surface area contributed by atoms with Crippen LogP contribution in [0.1, 0.15) is 285 Å². The van der Waals surface area contributed by atoms with Crippen LogP contribution in [0.5, 0.6) is 0 Å². The van der Waals surface area contributed by atoms with Crippen LogP contribution in [0.15, 0.2) is 0 Å². The molecule has 1 N–H and O–H groups in total. The van der Waals surface area contributed by atoms with Crippen molar-refractivity contribution in [2.45, 2.75) is 285 Å². The van der Waals surface area contributed by atoms with E-state index in [9.17, 15) is 9.59 Å². The van der Waals surface area contributed by atoms with E-state index in [0.717, 1.165) is 51.6 Å². The molecule has 5 heteroatoms. The first-order valence-electron chi connectivity index (χ1n) is 26.1. The van der Waals surface area contributed by atoms with Gasteiger partial charge in [0.05, 0.1) is 13.2 Å². The van der Waals surface area contributed by atoms with E-state index in [-0.39, 0.29) is 11.9 Å². The third kappa shape index (κ3) is 44.3. The molecule has 0 aromatic heterocycles.